The highest BCUT2D eigenvalue weighted by Gasteiger charge is 2.35. The maximum Gasteiger partial charge on any atom is 0.412 e. The SMILES string of the molecule is Nc1ccc(C(=O)N2CC=C(C(F)(F)F)CC2)cc1F. The van der Waals surface area contributed by atoms with Crippen molar-refractivity contribution >= 4 is 11.6 Å². The second-order valence-electron chi connectivity index (χ2n) is 4.46. The summed E-state index contributed by atoms with van der Waals surface area (Å²) < 4.78 is 50.6. The number of hydrogen-bond donors (Lipinski definition) is 1. The fourth-order valence-electron chi connectivity index (χ4n) is 1.95. The molecule has 7 heteroatoms. The van der Waals surface area contributed by atoms with Crippen molar-refractivity contribution in [1.29, 1.82) is 0 Å². The predicted molar refractivity (Wildman–Crippen MR) is 65.5 cm³/mol. The van der Waals surface area contributed by atoms with Crippen LogP contribution in [0.25, 0.3) is 0 Å². The Morgan fingerprint density at radius 2 is 2.00 bits per heavy atom. The Bertz CT molecular complexity index is 566. The first-order valence-electron chi connectivity index (χ1n) is 5.89. The van der Waals surface area contributed by atoms with Gasteiger partial charge in [0.25, 0.3) is 5.91 Å². The molecule has 0 fully saturated rings. The summed E-state index contributed by atoms with van der Waals surface area (Å²) in [5.74, 6) is -1.24. The van der Waals surface area contributed by atoms with E-state index in [1.807, 2.05) is 0 Å². The van der Waals surface area contributed by atoms with Gasteiger partial charge in [0.2, 0.25) is 0 Å². The third-order valence-corrected chi connectivity index (χ3v) is 3.11. The Balaban J connectivity index is 2.12. The molecule has 1 aromatic rings. The summed E-state index contributed by atoms with van der Waals surface area (Å²) in [6.45, 7) is -0.185. The number of nitrogens with two attached hydrogens (primary N) is 1. The molecule has 0 spiro atoms. The average molecular weight is 288 g/mol. The lowest BCUT2D eigenvalue weighted by Gasteiger charge is -2.27. The standard InChI is InChI=1S/C13H12F4N2O/c14-10-7-8(1-2-11(10)18)12(20)19-5-3-9(4-6-19)13(15,16)17/h1-3,7H,4-6,18H2. The maximum atomic E-state index is 13.3. The summed E-state index contributed by atoms with van der Waals surface area (Å²) in [4.78, 5) is 13.3. The number of benzene rings is 1. The van der Waals surface area contributed by atoms with Gasteiger partial charge in [-0.3, -0.25) is 4.79 Å². The van der Waals surface area contributed by atoms with Gasteiger partial charge in [0, 0.05) is 24.2 Å². The molecule has 0 radical (unpaired) electrons. The van der Waals surface area contributed by atoms with Gasteiger partial charge in [-0.1, -0.05) is 6.08 Å². The third kappa shape index (κ3) is 2.92. The van der Waals surface area contributed by atoms with Gasteiger partial charge < -0.3 is 10.6 Å². The van der Waals surface area contributed by atoms with Crippen molar-refractivity contribution in [3.8, 4) is 0 Å². The van der Waals surface area contributed by atoms with Crippen LogP contribution in [0.4, 0.5) is 23.2 Å². The summed E-state index contributed by atoms with van der Waals surface area (Å²) in [5, 5.41) is 0. The summed E-state index contributed by atoms with van der Waals surface area (Å²) in [6.07, 6.45) is -3.63. The highest BCUT2D eigenvalue weighted by Crippen LogP contribution is 2.30. The van der Waals surface area contributed by atoms with Crippen LogP contribution in [0.2, 0.25) is 0 Å². The number of rotatable bonds is 1. The van der Waals surface area contributed by atoms with Crippen molar-refractivity contribution in [2.45, 2.75) is 12.6 Å². The molecule has 1 aliphatic heterocycles. The van der Waals surface area contributed by atoms with Gasteiger partial charge in [-0.25, -0.2) is 4.39 Å². The van der Waals surface area contributed by atoms with Crippen LogP contribution < -0.4 is 5.73 Å². The van der Waals surface area contributed by atoms with E-state index in [2.05, 4.69) is 0 Å². The molecular weight excluding hydrogens is 276 g/mol. The van der Waals surface area contributed by atoms with Crippen LogP contribution in [0.5, 0.6) is 0 Å². The zero-order valence-corrected chi connectivity index (χ0v) is 10.4. The Morgan fingerprint density at radius 1 is 1.30 bits per heavy atom. The minimum atomic E-state index is -4.36. The second kappa shape index (κ2) is 5.15. The van der Waals surface area contributed by atoms with Gasteiger partial charge in [0.1, 0.15) is 5.82 Å². The monoisotopic (exact) mass is 288 g/mol. The van der Waals surface area contributed by atoms with Gasteiger partial charge in [-0.05, 0) is 24.6 Å². The molecular formula is C13H12F4N2O. The number of amides is 1. The smallest absolute Gasteiger partial charge is 0.396 e. The van der Waals surface area contributed by atoms with Crippen LogP contribution >= 0.6 is 0 Å². The van der Waals surface area contributed by atoms with Crippen molar-refractivity contribution in [1.82, 2.24) is 4.90 Å². The molecule has 1 heterocycles. The lowest BCUT2D eigenvalue weighted by molar-refractivity contribution is -0.0957. The average Bonchev–Trinajstić information content (AvgIpc) is 2.40. The molecule has 20 heavy (non-hydrogen) atoms. The molecule has 0 aromatic heterocycles. The van der Waals surface area contributed by atoms with Crippen LogP contribution in [0.1, 0.15) is 16.8 Å². The molecule has 1 aliphatic rings. The topological polar surface area (TPSA) is 46.3 Å². The third-order valence-electron chi connectivity index (χ3n) is 3.11. The van der Waals surface area contributed by atoms with Crippen LogP contribution in [-0.4, -0.2) is 30.1 Å². The summed E-state index contributed by atoms with van der Waals surface area (Å²) in [5.41, 5.74) is 4.65. The molecule has 0 aliphatic carbocycles. The first-order chi connectivity index (χ1) is 9.29. The highest BCUT2D eigenvalue weighted by molar-refractivity contribution is 5.94. The van der Waals surface area contributed by atoms with E-state index in [9.17, 15) is 22.4 Å². The normalized spacial score (nSPS) is 16.0. The molecule has 2 rings (SSSR count). The summed E-state index contributed by atoms with van der Waals surface area (Å²) >= 11 is 0. The number of halogens is 4. The zero-order valence-electron chi connectivity index (χ0n) is 10.4. The van der Waals surface area contributed by atoms with Gasteiger partial charge >= 0.3 is 6.18 Å². The fourth-order valence-corrected chi connectivity index (χ4v) is 1.95. The predicted octanol–water partition coefficient (Wildman–Crippen LogP) is 2.74. The Labute approximate surface area is 112 Å². The van der Waals surface area contributed by atoms with Crippen molar-refractivity contribution in [2.24, 2.45) is 0 Å². The van der Waals surface area contributed by atoms with E-state index in [-0.39, 0.29) is 30.8 Å². The van der Waals surface area contributed by atoms with E-state index in [4.69, 9.17) is 5.73 Å². The molecule has 0 bridgehead atoms. The number of nitrogen functional groups attached to an aromatic ring is 1. The number of carbonyl (C=O) groups is 1. The van der Waals surface area contributed by atoms with E-state index in [1.54, 1.807) is 0 Å². The zero-order chi connectivity index (χ0) is 14.9. The number of carbonyl (C=O) groups excluding carboxylic acids is 1. The molecule has 0 saturated heterocycles. The van der Waals surface area contributed by atoms with E-state index in [0.29, 0.717) is 0 Å². The number of hydrogen-bond acceptors (Lipinski definition) is 2. The summed E-state index contributed by atoms with van der Waals surface area (Å²) in [6, 6.07) is 3.59. The Kier molecular flexibility index (Phi) is 3.69. The van der Waals surface area contributed by atoms with Crippen LogP contribution in [0.3, 0.4) is 0 Å². The molecule has 0 unspecified atom stereocenters. The van der Waals surface area contributed by atoms with Gasteiger partial charge in [-0.15, -0.1) is 0 Å². The molecule has 3 nitrogen and oxygen atoms in total. The first-order valence-corrected chi connectivity index (χ1v) is 5.89. The van der Waals surface area contributed by atoms with Crippen LogP contribution in [0, 0.1) is 5.82 Å². The quantitative estimate of drug-likeness (QED) is 0.490. The number of nitrogens with zero attached hydrogens (tertiary/aromatic N) is 1. The molecule has 0 saturated carbocycles. The minimum absolute atomic E-state index is 0.0455. The lowest BCUT2D eigenvalue weighted by Crippen LogP contribution is -2.36. The molecule has 1 aromatic carbocycles. The first kappa shape index (κ1) is 14.4. The van der Waals surface area contributed by atoms with Crippen molar-refractivity contribution in [3.63, 3.8) is 0 Å². The molecule has 108 valence electrons. The number of alkyl halides is 3. The van der Waals surface area contributed by atoms with Crippen LogP contribution in [-0.2, 0) is 0 Å². The lowest BCUT2D eigenvalue weighted by atomic mass is 10.1. The maximum absolute atomic E-state index is 13.3. The van der Waals surface area contributed by atoms with Gasteiger partial charge in [-0.2, -0.15) is 13.2 Å². The summed E-state index contributed by atoms with van der Waals surface area (Å²) in [7, 11) is 0. The minimum Gasteiger partial charge on any atom is -0.396 e. The van der Waals surface area contributed by atoms with Crippen molar-refractivity contribution in [3.05, 3.63) is 41.2 Å². The van der Waals surface area contributed by atoms with E-state index in [0.717, 1.165) is 12.1 Å². The van der Waals surface area contributed by atoms with Crippen molar-refractivity contribution < 1.29 is 22.4 Å². The number of anilines is 1. The van der Waals surface area contributed by atoms with E-state index >= 15 is 0 Å². The second-order valence-corrected chi connectivity index (χ2v) is 4.46. The molecule has 2 N–H and O–H groups in total. The van der Waals surface area contributed by atoms with Gasteiger partial charge in [0.15, 0.2) is 0 Å². The highest BCUT2D eigenvalue weighted by atomic mass is 19.4. The van der Waals surface area contributed by atoms with E-state index in [1.165, 1.54) is 17.0 Å². The van der Waals surface area contributed by atoms with Gasteiger partial charge in [0.05, 0.1) is 5.69 Å². The van der Waals surface area contributed by atoms with Crippen molar-refractivity contribution in [2.75, 3.05) is 18.8 Å². The van der Waals surface area contributed by atoms with E-state index < -0.39 is 23.5 Å². The Hall–Kier alpha value is -2.05. The largest absolute Gasteiger partial charge is 0.412 e. The van der Waals surface area contributed by atoms with Crippen LogP contribution in [0.15, 0.2) is 29.8 Å². The fraction of sp³-hybridized carbons (Fsp3) is 0.308. The Morgan fingerprint density at radius 3 is 2.50 bits per heavy atom. The molecule has 0 atom stereocenters. The molecule has 1 amide bonds.